The van der Waals surface area contributed by atoms with E-state index in [1.54, 1.807) is 0 Å². The number of rotatable bonds is 12. The normalized spacial score (nSPS) is 11.5. The van der Waals surface area contributed by atoms with Crippen LogP contribution in [0.5, 0.6) is 34.5 Å². The van der Waals surface area contributed by atoms with Crippen molar-refractivity contribution in [3.8, 4) is 34.5 Å². The van der Waals surface area contributed by atoms with Crippen LogP contribution in [0.2, 0.25) is 0 Å². The van der Waals surface area contributed by atoms with Crippen molar-refractivity contribution in [1.82, 2.24) is 0 Å². The van der Waals surface area contributed by atoms with E-state index in [1.165, 1.54) is 18.2 Å². The van der Waals surface area contributed by atoms with Crippen LogP contribution in [0.1, 0.15) is 0 Å². The molecule has 10 aromatic carbocycles. The van der Waals surface area contributed by atoms with Gasteiger partial charge in [-0.3, -0.25) is 0 Å². The van der Waals surface area contributed by atoms with Crippen LogP contribution in [0.15, 0.2) is 99.8 Å². The number of aromatic hydroxyl groups is 2. The first-order chi connectivity index (χ1) is 45.8. The monoisotopic (exact) mass is 1580 g/mol. The van der Waals surface area contributed by atoms with Gasteiger partial charge in [0.25, 0.3) is 0 Å². The van der Waals surface area contributed by atoms with E-state index < -0.39 is 286 Å². The quantitative estimate of drug-likeness (QED) is 0.0296. The molecule has 0 bridgehead atoms. The van der Waals surface area contributed by atoms with Gasteiger partial charge in [0, 0.05) is 0 Å². The summed E-state index contributed by atoms with van der Waals surface area (Å²) in [5.74, 6) is -80.8. The van der Waals surface area contributed by atoms with E-state index in [0.717, 1.165) is 18.2 Å². The minimum atomic E-state index is -5.31. The molecule has 101 heavy (non-hydrogen) atoms. The second kappa shape index (κ2) is 31.4. The van der Waals surface area contributed by atoms with Gasteiger partial charge in [0.2, 0.25) is 58.0 Å². The summed E-state index contributed by atoms with van der Waals surface area (Å²) >= 11 is -2.91. The fourth-order valence-electron chi connectivity index (χ4n) is 7.72. The first-order valence-electron chi connectivity index (χ1n) is 24.5. The Morgan fingerprint density at radius 3 is 0.663 bits per heavy atom. The van der Waals surface area contributed by atoms with E-state index in [2.05, 4.69) is 0 Å². The fourth-order valence-corrected chi connectivity index (χ4v) is 11.5. The maximum Gasteiger partial charge on any atom is 1.00 e. The van der Waals surface area contributed by atoms with Gasteiger partial charge >= 0.3 is 59.1 Å². The van der Waals surface area contributed by atoms with Gasteiger partial charge in [-0.2, -0.15) is 17.6 Å². The summed E-state index contributed by atoms with van der Waals surface area (Å²) in [5, 5.41) is 18.4. The van der Waals surface area contributed by atoms with Gasteiger partial charge in [0.15, 0.2) is 139 Å². The van der Waals surface area contributed by atoms with Crippen LogP contribution in [-0.2, 0) is 20.2 Å². The molecule has 0 aliphatic heterocycles. The van der Waals surface area contributed by atoms with E-state index in [0.29, 0.717) is 35.0 Å². The van der Waals surface area contributed by atoms with Crippen LogP contribution in [0.25, 0.3) is 21.5 Å². The van der Waals surface area contributed by atoms with Crippen molar-refractivity contribution >= 4 is 77.1 Å². The number of hydrogen-bond donors (Lipinski definition) is 2. The first kappa shape index (κ1) is 82.8. The number of phenolic OH excluding ortho intramolecular Hbond substituents is 2. The van der Waals surface area contributed by atoms with Crippen LogP contribution in [0.3, 0.4) is 0 Å². The van der Waals surface area contributed by atoms with E-state index >= 15 is 35.1 Å². The number of benzene rings is 10. The molecule has 0 atom stereocenters. The Hall–Kier alpha value is -7.17. The Morgan fingerprint density at radius 2 is 0.436 bits per heavy atom. The predicted molar refractivity (Wildman–Crippen MR) is 277 cm³/mol. The molecule has 10 aromatic rings. The van der Waals surface area contributed by atoms with Gasteiger partial charge in [0.1, 0.15) is 20.2 Å². The summed E-state index contributed by atoms with van der Waals surface area (Å²) in [6.45, 7) is 0. The Labute approximate surface area is 597 Å². The molecule has 10 rings (SSSR count). The number of halogens is 28. The van der Waals surface area contributed by atoms with Crippen LogP contribution in [0.4, 0.5) is 123 Å². The summed E-state index contributed by atoms with van der Waals surface area (Å²) in [6, 6.07) is 8.88. The minimum Gasteiger partial charge on any atom is -0.744 e. The van der Waals surface area contributed by atoms with Crippen LogP contribution in [-0.4, -0.2) is 36.2 Å². The first-order valence-corrected chi connectivity index (χ1v) is 29.7. The summed E-state index contributed by atoms with van der Waals surface area (Å²) in [5.41, 5.74) is 0. The van der Waals surface area contributed by atoms with Gasteiger partial charge in [0.05, 0.1) is 39.2 Å². The van der Waals surface area contributed by atoms with Gasteiger partial charge in [-0.1, -0.05) is 47.4 Å². The Bertz CT molecular complexity index is 5120. The molecule has 0 saturated heterocycles. The van der Waals surface area contributed by atoms with Crippen molar-refractivity contribution in [1.29, 1.82) is 0 Å². The zero-order valence-corrected chi connectivity index (χ0v) is 55.6. The third-order valence-corrected chi connectivity index (χ3v) is 17.5. The van der Waals surface area contributed by atoms with Crippen molar-refractivity contribution in [2.45, 2.75) is 39.2 Å². The number of ether oxygens (including phenoxy) is 2. The molecule has 0 aromatic heterocycles. The largest absolute Gasteiger partial charge is 1.00 e. The summed E-state index contributed by atoms with van der Waals surface area (Å²) < 4.78 is 469. The van der Waals surface area contributed by atoms with Gasteiger partial charge in [-0.05, 0) is 70.1 Å². The summed E-state index contributed by atoms with van der Waals surface area (Å²) in [6.07, 6.45) is 0. The maximum absolute atomic E-state index is 15.4. The molecule has 0 unspecified atom stereocenters. The molecule has 0 aliphatic carbocycles. The van der Waals surface area contributed by atoms with Crippen molar-refractivity contribution < 1.29 is 228 Å². The van der Waals surface area contributed by atoms with E-state index in [4.69, 9.17) is 9.47 Å². The summed E-state index contributed by atoms with van der Waals surface area (Å²) in [7, 11) is -9.82. The van der Waals surface area contributed by atoms with Crippen molar-refractivity contribution in [3.63, 3.8) is 0 Å². The molecular formula is C56H12F28Na2O10S5. The number of fused-ring (bicyclic) bond motifs is 2. The van der Waals surface area contributed by atoms with Crippen LogP contribution < -0.4 is 68.6 Å². The van der Waals surface area contributed by atoms with Crippen molar-refractivity contribution in [3.05, 3.63) is 224 Å². The Kier molecular flexibility index (Phi) is 25.8. The molecule has 0 heterocycles. The SMILES string of the molecule is Fc1c(F)c(F)c(Sc2c(F)c(F)c(F)c(F)c2F)c(F)c1F.O=S(=O)([O-])c1ccc2cc(O)c(O)cc2c1.O=S(=O)([O-])c1ccc2cc(Oc3c(F)c(F)c(Sc4c(F)c(F)c(F)c(F)c4F)c(F)c3F)c(Oc3c(F)c(F)c(Sc4c(F)c(F)c(F)c(F)c4F)c(F)c3F)cc2c1.[Na+].[Na+]. The van der Waals surface area contributed by atoms with Crippen molar-refractivity contribution in [2.75, 3.05) is 0 Å². The predicted octanol–water partition coefficient (Wildman–Crippen LogP) is 12.5. The van der Waals surface area contributed by atoms with Gasteiger partial charge in [-0.15, -0.1) is 0 Å². The molecule has 45 heteroatoms. The van der Waals surface area contributed by atoms with Crippen molar-refractivity contribution in [2.24, 2.45) is 0 Å². The number of phenols is 2. The minimum absolute atomic E-state index is 0. The third-order valence-electron chi connectivity index (χ3n) is 12.4. The average Bonchev–Trinajstić information content (AvgIpc) is 0.768. The Morgan fingerprint density at radius 1 is 0.257 bits per heavy atom. The zero-order chi connectivity index (χ0) is 74.2. The standard InChI is InChI=1S/C34H6F18O5S3.C12F10S.C10H8O5S.2Na/c35-11-13(37)21(45)31(22(46)14(11)38)58-33-25(49)17(41)29(18(42)26(33)50)56-9-4-6-1-2-8(60(53,54)55)3-7(6)5-10(9)57-30-19(43)27(51)34(28(52)20(30)44)59-32-23(47)15(39)12(36)16(40)24(32)48;13-1-3(15)7(19)11(8(20)4(1)16)23-12-9(21)5(17)2(14)6(18)10(12)22;11-9-4-6-1-2-8(16(13,14)15)3-7(6)5-10(9)12;;/h1-5H,(H,53,54,55);;1-5,11-12H,(H,13,14,15);;/q;;;2*+1/p-2. The number of hydrogen-bond acceptors (Lipinski definition) is 13. The van der Waals surface area contributed by atoms with Gasteiger partial charge in [-0.25, -0.2) is 122 Å². The molecule has 0 aliphatic rings. The molecule has 0 fully saturated rings. The van der Waals surface area contributed by atoms with Crippen LogP contribution in [0, 0.1) is 163 Å². The molecule has 0 amide bonds. The Balaban J connectivity index is 0.000000317. The van der Waals surface area contributed by atoms with E-state index in [1.807, 2.05) is 0 Å². The zero-order valence-electron chi connectivity index (χ0n) is 47.6. The molecule has 10 nitrogen and oxygen atoms in total. The third kappa shape index (κ3) is 16.0. The molecule has 0 radical (unpaired) electrons. The molecule has 0 saturated carbocycles. The second-order valence-corrected chi connectivity index (χ2v) is 24.3. The smallest absolute Gasteiger partial charge is 0.744 e. The van der Waals surface area contributed by atoms with Gasteiger partial charge < -0.3 is 28.8 Å². The maximum atomic E-state index is 15.4. The molecule has 0 spiro atoms. The average molecular weight is 1580 g/mol. The second-order valence-electron chi connectivity index (χ2n) is 18.5. The van der Waals surface area contributed by atoms with E-state index in [9.17, 15) is 124 Å². The molecule has 524 valence electrons. The summed E-state index contributed by atoms with van der Waals surface area (Å²) in [4.78, 5) is -13.3. The molecular weight excluding hydrogens is 1570 g/mol. The van der Waals surface area contributed by atoms with Crippen LogP contribution >= 0.6 is 35.3 Å². The molecule has 2 N–H and O–H groups in total. The fraction of sp³-hybridized carbons (Fsp3) is 0. The van der Waals surface area contributed by atoms with E-state index in [-0.39, 0.29) is 75.5 Å². The topological polar surface area (TPSA) is 173 Å².